The first kappa shape index (κ1) is 23.2. The number of carboxylic acids is 1. The molecule has 0 fully saturated rings. The van der Waals surface area contributed by atoms with E-state index in [-0.39, 0.29) is 24.9 Å². The van der Waals surface area contributed by atoms with E-state index in [4.69, 9.17) is 14.6 Å². The van der Waals surface area contributed by atoms with Gasteiger partial charge in [0.15, 0.2) is 0 Å². The van der Waals surface area contributed by atoms with Gasteiger partial charge in [-0.3, -0.25) is 9.69 Å². The average molecular weight is 420 g/mol. The number of fused-ring (bicyclic) bond motifs is 1. The molecule has 0 saturated heterocycles. The lowest BCUT2D eigenvalue weighted by Crippen LogP contribution is -2.35. The van der Waals surface area contributed by atoms with Crippen molar-refractivity contribution in [3.05, 3.63) is 65.2 Å². The molecule has 2 atom stereocenters. The summed E-state index contributed by atoms with van der Waals surface area (Å²) in [6.07, 6.45) is 2.00. The average Bonchev–Trinajstić information content (AvgIpc) is 2.68. The summed E-state index contributed by atoms with van der Waals surface area (Å²) in [5.74, 6) is 0.727. The van der Waals surface area contributed by atoms with Gasteiger partial charge in [-0.1, -0.05) is 36.4 Å². The monoisotopic (exact) mass is 419 g/mol. The molecule has 2 aromatic rings. The Hall–Kier alpha value is -2.08. The second-order valence-electron chi connectivity index (χ2n) is 7.48. The van der Waals surface area contributed by atoms with Crippen LogP contribution in [-0.4, -0.2) is 56.4 Å². The number of aliphatic carboxylic acids is 1. The van der Waals surface area contributed by atoms with Crippen LogP contribution in [0.5, 0.6) is 5.75 Å². The van der Waals surface area contributed by atoms with Crippen LogP contribution in [0.1, 0.15) is 29.0 Å². The third-order valence-electron chi connectivity index (χ3n) is 5.37. The lowest BCUT2D eigenvalue weighted by atomic mass is 9.71. The van der Waals surface area contributed by atoms with Gasteiger partial charge in [0.05, 0.1) is 13.2 Å². The van der Waals surface area contributed by atoms with Crippen molar-refractivity contribution < 1.29 is 19.4 Å². The van der Waals surface area contributed by atoms with Crippen LogP contribution < -0.4 is 4.74 Å². The van der Waals surface area contributed by atoms with Gasteiger partial charge in [0.2, 0.25) is 0 Å². The Balaban J connectivity index is 0.00000300. The number of methoxy groups -OCH3 is 1. The molecule has 0 heterocycles. The molecule has 5 nitrogen and oxygen atoms in total. The molecule has 158 valence electrons. The Morgan fingerprint density at radius 2 is 1.93 bits per heavy atom. The van der Waals surface area contributed by atoms with Crippen LogP contribution >= 0.6 is 12.4 Å². The van der Waals surface area contributed by atoms with Crippen molar-refractivity contribution in [2.24, 2.45) is 5.92 Å². The molecular formula is C23H30ClNO4. The molecule has 0 spiro atoms. The maximum absolute atomic E-state index is 11.1. The van der Waals surface area contributed by atoms with Gasteiger partial charge < -0.3 is 14.6 Å². The van der Waals surface area contributed by atoms with Crippen molar-refractivity contribution in [1.82, 2.24) is 4.90 Å². The van der Waals surface area contributed by atoms with Gasteiger partial charge in [-0.05, 0) is 54.6 Å². The lowest BCUT2D eigenvalue weighted by molar-refractivity contribution is -0.138. The first-order valence-corrected chi connectivity index (χ1v) is 9.78. The summed E-state index contributed by atoms with van der Waals surface area (Å²) < 4.78 is 10.8. The lowest BCUT2D eigenvalue weighted by Gasteiger charge is -2.36. The van der Waals surface area contributed by atoms with E-state index in [1.807, 2.05) is 24.1 Å². The quantitative estimate of drug-likeness (QED) is 0.626. The maximum Gasteiger partial charge on any atom is 0.317 e. The van der Waals surface area contributed by atoms with Crippen molar-refractivity contribution in [1.29, 1.82) is 0 Å². The molecule has 0 radical (unpaired) electrons. The predicted molar refractivity (Wildman–Crippen MR) is 116 cm³/mol. The summed E-state index contributed by atoms with van der Waals surface area (Å²) in [6, 6.07) is 16.9. The zero-order chi connectivity index (χ0) is 19.9. The highest BCUT2D eigenvalue weighted by molar-refractivity contribution is 5.85. The summed E-state index contributed by atoms with van der Waals surface area (Å²) in [6.45, 7) is 1.94. The zero-order valence-electron chi connectivity index (χ0n) is 17.0. The van der Waals surface area contributed by atoms with Crippen molar-refractivity contribution in [2.45, 2.75) is 18.8 Å². The summed E-state index contributed by atoms with van der Waals surface area (Å²) in [7, 11) is 3.56. The predicted octanol–water partition coefficient (Wildman–Crippen LogP) is 3.84. The number of rotatable bonds is 9. The van der Waals surface area contributed by atoms with E-state index in [9.17, 15) is 4.79 Å². The number of aryl methyl sites for hydroxylation is 1. The highest BCUT2D eigenvalue weighted by Crippen LogP contribution is 2.42. The SMILES string of the molecule is COCCOc1ccc2c(c1)CC[C@H](CN(C)CC(=O)O)[C@@H]2c1ccccc1.Cl. The van der Waals surface area contributed by atoms with Gasteiger partial charge in [0.25, 0.3) is 0 Å². The van der Waals surface area contributed by atoms with Gasteiger partial charge in [-0.2, -0.15) is 0 Å². The number of halogens is 1. The van der Waals surface area contributed by atoms with E-state index in [0.29, 0.717) is 19.1 Å². The van der Waals surface area contributed by atoms with E-state index in [1.54, 1.807) is 7.11 Å². The third kappa shape index (κ3) is 6.20. The highest BCUT2D eigenvalue weighted by Gasteiger charge is 2.32. The first-order chi connectivity index (χ1) is 13.6. The minimum absolute atomic E-state index is 0. The molecular weight excluding hydrogens is 390 g/mol. The molecule has 0 aliphatic heterocycles. The largest absolute Gasteiger partial charge is 0.491 e. The molecule has 1 N–H and O–H groups in total. The minimum atomic E-state index is -0.784. The summed E-state index contributed by atoms with van der Waals surface area (Å²) in [5.41, 5.74) is 3.93. The van der Waals surface area contributed by atoms with E-state index >= 15 is 0 Å². The second kappa shape index (κ2) is 11.2. The van der Waals surface area contributed by atoms with Crippen LogP contribution in [0, 0.1) is 5.92 Å². The molecule has 2 aromatic carbocycles. The number of hydrogen-bond acceptors (Lipinski definition) is 4. The van der Waals surface area contributed by atoms with Crippen molar-refractivity contribution in [3.8, 4) is 5.75 Å². The molecule has 0 saturated carbocycles. The van der Waals surface area contributed by atoms with Gasteiger partial charge in [0.1, 0.15) is 12.4 Å². The zero-order valence-corrected chi connectivity index (χ0v) is 17.9. The molecule has 0 bridgehead atoms. The van der Waals surface area contributed by atoms with Gasteiger partial charge in [-0.15, -0.1) is 12.4 Å². The fourth-order valence-corrected chi connectivity index (χ4v) is 4.20. The standard InChI is InChI=1S/C23H29NO4.ClH/c1-24(16-22(25)26)15-19-9-8-18-14-20(28-13-12-27-2)10-11-21(18)23(19)17-6-4-3-5-7-17;/h3-7,10-11,14,19,23H,8-9,12-13,15-16H2,1-2H3,(H,25,26);1H/t19-,23+;/m1./s1. The number of nitrogens with zero attached hydrogens (tertiary/aromatic N) is 1. The van der Waals surface area contributed by atoms with Gasteiger partial charge >= 0.3 is 5.97 Å². The van der Waals surface area contributed by atoms with Crippen LogP contribution in [0.25, 0.3) is 0 Å². The fourth-order valence-electron chi connectivity index (χ4n) is 4.20. The number of benzene rings is 2. The van der Waals surface area contributed by atoms with Crippen LogP contribution in [0.2, 0.25) is 0 Å². The Morgan fingerprint density at radius 1 is 1.17 bits per heavy atom. The normalized spacial score (nSPS) is 18.0. The molecule has 0 aromatic heterocycles. The topological polar surface area (TPSA) is 59.0 Å². The molecule has 1 aliphatic carbocycles. The molecule has 29 heavy (non-hydrogen) atoms. The van der Waals surface area contributed by atoms with Gasteiger partial charge in [-0.25, -0.2) is 0 Å². The highest BCUT2D eigenvalue weighted by atomic mass is 35.5. The van der Waals surface area contributed by atoms with Gasteiger partial charge in [0, 0.05) is 19.6 Å². The van der Waals surface area contributed by atoms with Crippen molar-refractivity contribution >= 4 is 18.4 Å². The number of carboxylic acid groups (broad SMARTS) is 1. The summed E-state index contributed by atoms with van der Waals surface area (Å²) in [5, 5.41) is 9.11. The molecule has 6 heteroatoms. The second-order valence-corrected chi connectivity index (χ2v) is 7.48. The Morgan fingerprint density at radius 3 is 2.62 bits per heavy atom. The number of carbonyl (C=O) groups is 1. The smallest absolute Gasteiger partial charge is 0.317 e. The summed E-state index contributed by atoms with van der Waals surface area (Å²) >= 11 is 0. The Kier molecular flexibility index (Phi) is 8.96. The third-order valence-corrected chi connectivity index (χ3v) is 5.37. The van der Waals surface area contributed by atoms with Crippen LogP contribution in [0.4, 0.5) is 0 Å². The van der Waals surface area contributed by atoms with E-state index < -0.39 is 5.97 Å². The fraction of sp³-hybridized carbons (Fsp3) is 0.435. The van der Waals surface area contributed by atoms with E-state index in [2.05, 4.69) is 36.4 Å². The Labute approximate surface area is 179 Å². The number of likely N-dealkylation sites (N-methyl/N-ethyl adjacent to an activating group) is 1. The number of hydrogen-bond donors (Lipinski definition) is 1. The van der Waals surface area contributed by atoms with Crippen LogP contribution in [0.3, 0.4) is 0 Å². The van der Waals surface area contributed by atoms with E-state index in [0.717, 1.165) is 25.1 Å². The molecule has 1 aliphatic rings. The number of ether oxygens (including phenoxy) is 2. The van der Waals surface area contributed by atoms with E-state index in [1.165, 1.54) is 16.7 Å². The maximum atomic E-state index is 11.1. The molecule has 0 unspecified atom stereocenters. The molecule has 0 amide bonds. The Bertz CT molecular complexity index is 784. The van der Waals surface area contributed by atoms with Crippen molar-refractivity contribution in [2.75, 3.05) is 40.5 Å². The van der Waals surface area contributed by atoms with Crippen molar-refractivity contribution in [3.63, 3.8) is 0 Å². The summed E-state index contributed by atoms with van der Waals surface area (Å²) in [4.78, 5) is 13.0. The minimum Gasteiger partial charge on any atom is -0.491 e. The van der Waals surface area contributed by atoms with Crippen LogP contribution in [0.15, 0.2) is 48.5 Å². The first-order valence-electron chi connectivity index (χ1n) is 9.78. The molecule has 3 rings (SSSR count). The van der Waals surface area contributed by atoms with Crippen LogP contribution in [-0.2, 0) is 16.0 Å².